The topological polar surface area (TPSA) is 54.5 Å². The van der Waals surface area contributed by atoms with Crippen LogP contribution in [0.5, 0.6) is 0 Å². The van der Waals surface area contributed by atoms with Gasteiger partial charge >= 0.3 is 0 Å². The van der Waals surface area contributed by atoms with Crippen LogP contribution in [0.2, 0.25) is 0 Å². The number of carbonyl (C=O) groups excluding carboxylic acids is 1. The van der Waals surface area contributed by atoms with Gasteiger partial charge in [-0.1, -0.05) is 11.6 Å². The molecular weight excluding hydrogens is 238 g/mol. The lowest BCUT2D eigenvalue weighted by molar-refractivity contribution is 0.0964. The Hall–Kier alpha value is -1.36. The number of fused-ring (bicyclic) bond motifs is 1. The second-order valence-corrected chi connectivity index (χ2v) is 6.74. The Balaban J connectivity index is 2.29. The Morgan fingerprint density at radius 2 is 1.94 bits per heavy atom. The smallest absolute Gasteiger partial charge is 0.233 e. The number of carbonyl (C=O) groups is 1. The lowest BCUT2D eigenvalue weighted by Crippen LogP contribution is -2.41. The number of rotatable bonds is 1. The third-order valence-corrected chi connectivity index (χ3v) is 4.69. The fourth-order valence-electron chi connectivity index (χ4n) is 2.63. The Morgan fingerprint density at radius 1 is 1.29 bits per heavy atom. The summed E-state index contributed by atoms with van der Waals surface area (Å²) >= 11 is 0. The van der Waals surface area contributed by atoms with E-state index in [1.165, 1.54) is 4.31 Å². The van der Waals surface area contributed by atoms with E-state index < -0.39 is 15.6 Å². The molecule has 0 amide bonds. The summed E-state index contributed by atoms with van der Waals surface area (Å²) in [6, 6.07) is 5.35. The number of nitrogens with zero attached hydrogens (tertiary/aromatic N) is 1. The van der Waals surface area contributed by atoms with Gasteiger partial charge in [-0.05, 0) is 31.9 Å². The minimum atomic E-state index is -3.39. The summed E-state index contributed by atoms with van der Waals surface area (Å²) in [6.07, 6.45) is 2.43. The highest BCUT2D eigenvalue weighted by Gasteiger charge is 2.62. The molecule has 90 valence electrons. The minimum Gasteiger partial charge on any atom is -0.291 e. The number of aryl methyl sites for hydroxylation is 1. The molecule has 1 aromatic rings. The maximum Gasteiger partial charge on any atom is 0.233 e. The van der Waals surface area contributed by atoms with Crippen molar-refractivity contribution in [2.75, 3.05) is 10.6 Å². The van der Waals surface area contributed by atoms with Crippen LogP contribution in [-0.4, -0.2) is 26.0 Å². The van der Waals surface area contributed by atoms with E-state index in [2.05, 4.69) is 0 Å². The molecule has 1 fully saturated rings. The van der Waals surface area contributed by atoms with Gasteiger partial charge in [0.1, 0.15) is 5.54 Å². The second-order valence-electron chi connectivity index (χ2n) is 4.91. The van der Waals surface area contributed by atoms with E-state index >= 15 is 0 Å². The van der Waals surface area contributed by atoms with Crippen molar-refractivity contribution in [1.29, 1.82) is 0 Å². The first-order valence-electron chi connectivity index (χ1n) is 5.52. The van der Waals surface area contributed by atoms with Gasteiger partial charge in [0.15, 0.2) is 5.78 Å². The standard InChI is InChI=1S/C12H13NO3S/c1-8-3-4-10-9(7-8)11(14)12(5-6-12)13(10)17(2,15)16/h3-4,7H,5-6H2,1-2H3. The van der Waals surface area contributed by atoms with Crippen LogP contribution < -0.4 is 4.31 Å². The van der Waals surface area contributed by atoms with Gasteiger partial charge in [-0.25, -0.2) is 8.42 Å². The molecule has 1 aliphatic carbocycles. The number of Topliss-reactive ketones (excluding diaryl/α,β-unsaturated/α-hetero) is 1. The van der Waals surface area contributed by atoms with Crippen LogP contribution in [0.25, 0.3) is 0 Å². The molecular formula is C12H13NO3S. The zero-order valence-corrected chi connectivity index (χ0v) is 10.5. The van der Waals surface area contributed by atoms with E-state index in [0.717, 1.165) is 11.8 Å². The van der Waals surface area contributed by atoms with Crippen molar-refractivity contribution < 1.29 is 13.2 Å². The summed E-state index contributed by atoms with van der Waals surface area (Å²) < 4.78 is 25.0. The molecule has 1 aromatic carbocycles. The molecule has 1 aliphatic heterocycles. The quantitative estimate of drug-likeness (QED) is 0.760. The molecule has 0 N–H and O–H groups in total. The molecule has 0 radical (unpaired) electrons. The van der Waals surface area contributed by atoms with E-state index in [1.807, 2.05) is 13.0 Å². The summed E-state index contributed by atoms with van der Waals surface area (Å²) in [4.78, 5) is 12.3. The monoisotopic (exact) mass is 251 g/mol. The van der Waals surface area contributed by atoms with Crippen molar-refractivity contribution in [2.24, 2.45) is 0 Å². The number of ketones is 1. The van der Waals surface area contributed by atoms with E-state index in [0.29, 0.717) is 24.1 Å². The first kappa shape index (κ1) is 10.8. The van der Waals surface area contributed by atoms with Crippen LogP contribution in [0.1, 0.15) is 28.8 Å². The number of hydrogen-bond acceptors (Lipinski definition) is 3. The molecule has 0 aromatic heterocycles. The molecule has 1 saturated carbocycles. The Bertz CT molecular complexity index is 629. The lowest BCUT2D eigenvalue weighted by Gasteiger charge is -2.23. The molecule has 0 saturated heterocycles. The molecule has 0 bridgehead atoms. The van der Waals surface area contributed by atoms with Crippen LogP contribution in [-0.2, 0) is 10.0 Å². The zero-order chi connectivity index (χ0) is 12.4. The van der Waals surface area contributed by atoms with Crippen LogP contribution in [0.4, 0.5) is 5.69 Å². The summed E-state index contributed by atoms with van der Waals surface area (Å²) in [5.74, 6) is -0.0402. The summed E-state index contributed by atoms with van der Waals surface area (Å²) in [5, 5.41) is 0. The molecule has 0 unspecified atom stereocenters. The van der Waals surface area contributed by atoms with Crippen molar-refractivity contribution in [3.63, 3.8) is 0 Å². The number of hydrogen-bond donors (Lipinski definition) is 0. The van der Waals surface area contributed by atoms with Gasteiger partial charge in [-0.15, -0.1) is 0 Å². The van der Waals surface area contributed by atoms with Crippen molar-refractivity contribution in [1.82, 2.24) is 0 Å². The maximum absolute atomic E-state index is 12.3. The van der Waals surface area contributed by atoms with Gasteiger partial charge in [-0.3, -0.25) is 9.10 Å². The van der Waals surface area contributed by atoms with E-state index in [9.17, 15) is 13.2 Å². The van der Waals surface area contributed by atoms with Gasteiger partial charge in [-0.2, -0.15) is 0 Å². The molecule has 2 aliphatic rings. The highest BCUT2D eigenvalue weighted by atomic mass is 32.2. The van der Waals surface area contributed by atoms with Gasteiger partial charge < -0.3 is 0 Å². The van der Waals surface area contributed by atoms with Crippen molar-refractivity contribution in [3.05, 3.63) is 29.3 Å². The van der Waals surface area contributed by atoms with Gasteiger partial charge in [0.25, 0.3) is 0 Å². The maximum atomic E-state index is 12.3. The average Bonchev–Trinajstić information content (AvgIpc) is 2.94. The molecule has 1 heterocycles. The van der Waals surface area contributed by atoms with Crippen LogP contribution in [0.3, 0.4) is 0 Å². The Morgan fingerprint density at radius 3 is 2.47 bits per heavy atom. The van der Waals surface area contributed by atoms with Crippen LogP contribution in [0.15, 0.2) is 18.2 Å². The second kappa shape index (κ2) is 2.90. The van der Waals surface area contributed by atoms with E-state index in [-0.39, 0.29) is 5.78 Å². The normalized spacial score (nSPS) is 20.8. The van der Waals surface area contributed by atoms with E-state index in [1.54, 1.807) is 12.1 Å². The predicted molar refractivity (Wildman–Crippen MR) is 64.8 cm³/mol. The van der Waals surface area contributed by atoms with Crippen LogP contribution in [0, 0.1) is 6.92 Å². The molecule has 17 heavy (non-hydrogen) atoms. The fourth-order valence-corrected chi connectivity index (χ4v) is 4.04. The van der Waals surface area contributed by atoms with Crippen molar-refractivity contribution >= 4 is 21.5 Å². The highest BCUT2D eigenvalue weighted by Crippen LogP contribution is 2.54. The highest BCUT2D eigenvalue weighted by molar-refractivity contribution is 7.92. The molecule has 4 nitrogen and oxygen atoms in total. The third-order valence-electron chi connectivity index (χ3n) is 3.48. The first-order chi connectivity index (χ1) is 7.86. The lowest BCUT2D eigenvalue weighted by atomic mass is 10.1. The number of benzene rings is 1. The predicted octanol–water partition coefficient (Wildman–Crippen LogP) is 1.49. The molecule has 1 spiro atoms. The summed E-state index contributed by atoms with van der Waals surface area (Å²) in [6.45, 7) is 1.90. The van der Waals surface area contributed by atoms with E-state index in [4.69, 9.17) is 0 Å². The molecule has 3 rings (SSSR count). The largest absolute Gasteiger partial charge is 0.291 e. The number of sulfonamides is 1. The SMILES string of the molecule is Cc1ccc2c(c1)C(=O)C1(CC1)N2S(C)(=O)=O. The molecule has 5 heteroatoms. The minimum absolute atomic E-state index is 0.0402. The third kappa shape index (κ3) is 1.29. The summed E-state index contributed by atoms with van der Waals surface area (Å²) in [7, 11) is -3.39. The first-order valence-corrected chi connectivity index (χ1v) is 7.37. The Labute approximate surface area is 100 Å². The van der Waals surface area contributed by atoms with Crippen molar-refractivity contribution in [2.45, 2.75) is 25.3 Å². The molecule has 0 atom stereocenters. The summed E-state index contributed by atoms with van der Waals surface area (Å²) in [5.41, 5.74) is 1.28. The Kier molecular flexibility index (Phi) is 1.84. The van der Waals surface area contributed by atoms with Gasteiger partial charge in [0.05, 0.1) is 11.9 Å². The van der Waals surface area contributed by atoms with Gasteiger partial charge in [0.2, 0.25) is 10.0 Å². The van der Waals surface area contributed by atoms with Crippen LogP contribution >= 0.6 is 0 Å². The van der Waals surface area contributed by atoms with Gasteiger partial charge in [0, 0.05) is 5.56 Å². The zero-order valence-electron chi connectivity index (χ0n) is 9.73. The number of anilines is 1. The fraction of sp³-hybridized carbons (Fsp3) is 0.417. The van der Waals surface area contributed by atoms with Crippen molar-refractivity contribution in [3.8, 4) is 0 Å². The average molecular weight is 251 g/mol.